The van der Waals surface area contributed by atoms with Gasteiger partial charge in [0, 0.05) is 11.4 Å². The lowest BCUT2D eigenvalue weighted by atomic mass is 10.2. The van der Waals surface area contributed by atoms with Crippen molar-refractivity contribution < 1.29 is 9.90 Å². The fourth-order valence-electron chi connectivity index (χ4n) is 1.49. The molecule has 0 saturated carbocycles. The number of carbonyl (C=O) groups is 1. The van der Waals surface area contributed by atoms with E-state index in [9.17, 15) is 9.59 Å². The molecule has 7 heteroatoms. The van der Waals surface area contributed by atoms with Gasteiger partial charge < -0.3 is 5.11 Å². The highest BCUT2D eigenvalue weighted by molar-refractivity contribution is 7.19. The van der Waals surface area contributed by atoms with Gasteiger partial charge in [0.05, 0.1) is 0 Å². The lowest BCUT2D eigenvalue weighted by Crippen LogP contribution is -2.22. The van der Waals surface area contributed by atoms with Crippen LogP contribution in [0.3, 0.4) is 0 Å². The second-order valence-electron chi connectivity index (χ2n) is 3.23. The van der Waals surface area contributed by atoms with Crippen molar-refractivity contribution in [2.75, 3.05) is 0 Å². The number of rotatable bonds is 2. The summed E-state index contributed by atoms with van der Waals surface area (Å²) in [6.45, 7) is 3.85. The zero-order valence-corrected chi connectivity index (χ0v) is 9.54. The molecule has 84 valence electrons. The highest BCUT2D eigenvalue weighted by Gasteiger charge is 2.19. The summed E-state index contributed by atoms with van der Waals surface area (Å²) in [7, 11) is 0. The maximum Gasteiger partial charge on any atom is 0.339 e. The highest BCUT2D eigenvalue weighted by atomic mass is 32.1. The minimum absolute atomic E-state index is 0.0767. The number of carboxylic acid groups (broad SMARTS) is 1. The summed E-state index contributed by atoms with van der Waals surface area (Å²) in [5, 5.41) is 16.5. The summed E-state index contributed by atoms with van der Waals surface area (Å²) in [5.74, 6) is -1.08. The molecule has 0 amide bonds. The summed E-state index contributed by atoms with van der Waals surface area (Å²) < 4.78 is 1.57. The molecule has 2 aromatic rings. The van der Waals surface area contributed by atoms with Gasteiger partial charge in [0.2, 0.25) is 0 Å². The number of fused-ring (bicyclic) bond motifs is 1. The highest BCUT2D eigenvalue weighted by Crippen LogP contribution is 2.25. The van der Waals surface area contributed by atoms with Crippen LogP contribution in [0.25, 0.3) is 10.2 Å². The summed E-state index contributed by atoms with van der Waals surface area (Å²) in [4.78, 5) is 23.4. The maximum atomic E-state index is 11.8. The molecule has 0 radical (unpaired) electrons. The van der Waals surface area contributed by atoms with Crippen molar-refractivity contribution in [1.82, 2.24) is 15.0 Å². The minimum Gasteiger partial charge on any atom is -0.478 e. The van der Waals surface area contributed by atoms with Gasteiger partial charge in [-0.3, -0.25) is 4.79 Å². The third-order valence-corrected chi connectivity index (χ3v) is 3.34. The van der Waals surface area contributed by atoms with Crippen molar-refractivity contribution in [1.29, 1.82) is 0 Å². The average molecular weight is 239 g/mol. The Balaban J connectivity index is 2.90. The van der Waals surface area contributed by atoms with Crippen LogP contribution in [-0.4, -0.2) is 26.1 Å². The third-order valence-electron chi connectivity index (χ3n) is 2.25. The van der Waals surface area contributed by atoms with Gasteiger partial charge in [0.1, 0.15) is 15.8 Å². The van der Waals surface area contributed by atoms with Gasteiger partial charge in [-0.15, -0.1) is 16.4 Å². The largest absolute Gasteiger partial charge is 0.478 e. The van der Waals surface area contributed by atoms with Crippen molar-refractivity contribution in [3.05, 3.63) is 20.8 Å². The number of hydrogen-bond acceptors (Lipinski definition) is 5. The molecule has 0 aromatic carbocycles. The molecule has 0 bridgehead atoms. The predicted molar refractivity (Wildman–Crippen MR) is 59.0 cm³/mol. The molecule has 16 heavy (non-hydrogen) atoms. The van der Waals surface area contributed by atoms with Crippen LogP contribution in [0, 0.1) is 6.92 Å². The second kappa shape index (κ2) is 3.67. The maximum absolute atomic E-state index is 11.8. The van der Waals surface area contributed by atoms with E-state index in [1.165, 1.54) is 4.68 Å². The Morgan fingerprint density at radius 1 is 1.56 bits per heavy atom. The monoisotopic (exact) mass is 239 g/mol. The summed E-state index contributed by atoms with van der Waals surface area (Å²) >= 11 is 1.15. The summed E-state index contributed by atoms with van der Waals surface area (Å²) in [6, 6.07) is 0. The standard InChI is InChI=1S/C9H9N3O3S/c1-3-12-8(13)7-6(10-11-12)5(9(14)15)4(2)16-7/h3H2,1-2H3,(H,14,15). The van der Waals surface area contributed by atoms with E-state index in [4.69, 9.17) is 5.11 Å². The molecule has 0 atom stereocenters. The van der Waals surface area contributed by atoms with E-state index < -0.39 is 5.97 Å². The van der Waals surface area contributed by atoms with Crippen LogP contribution in [0.1, 0.15) is 22.2 Å². The second-order valence-corrected chi connectivity index (χ2v) is 4.45. The molecule has 0 spiro atoms. The van der Waals surface area contributed by atoms with E-state index in [1.807, 2.05) is 0 Å². The quantitative estimate of drug-likeness (QED) is 0.840. The van der Waals surface area contributed by atoms with Crippen LogP contribution in [0.4, 0.5) is 0 Å². The smallest absolute Gasteiger partial charge is 0.339 e. The Hall–Kier alpha value is -1.76. The number of aromatic nitrogens is 3. The molecular weight excluding hydrogens is 230 g/mol. The van der Waals surface area contributed by atoms with Gasteiger partial charge in [-0.05, 0) is 13.8 Å². The van der Waals surface area contributed by atoms with Gasteiger partial charge in [-0.25, -0.2) is 9.48 Å². The van der Waals surface area contributed by atoms with E-state index in [-0.39, 0.29) is 16.6 Å². The van der Waals surface area contributed by atoms with E-state index in [0.29, 0.717) is 16.1 Å². The average Bonchev–Trinajstić information content (AvgIpc) is 2.56. The summed E-state index contributed by atoms with van der Waals surface area (Å²) in [5.41, 5.74) is -0.0225. The van der Waals surface area contributed by atoms with Gasteiger partial charge in [0.15, 0.2) is 0 Å². The first-order valence-corrected chi connectivity index (χ1v) is 5.48. The number of hydrogen-bond donors (Lipinski definition) is 1. The molecule has 0 saturated heterocycles. The molecule has 0 fully saturated rings. The Morgan fingerprint density at radius 3 is 2.81 bits per heavy atom. The van der Waals surface area contributed by atoms with Crippen LogP contribution < -0.4 is 5.56 Å². The molecule has 2 rings (SSSR count). The molecule has 1 N–H and O–H groups in total. The van der Waals surface area contributed by atoms with Crippen molar-refractivity contribution in [3.8, 4) is 0 Å². The van der Waals surface area contributed by atoms with E-state index >= 15 is 0 Å². The third kappa shape index (κ3) is 1.40. The first-order chi connectivity index (χ1) is 7.56. The molecule has 0 aliphatic rings. The lowest BCUT2D eigenvalue weighted by molar-refractivity contribution is 0.0698. The topological polar surface area (TPSA) is 85.1 Å². The minimum atomic E-state index is -1.08. The van der Waals surface area contributed by atoms with E-state index in [1.54, 1.807) is 13.8 Å². The van der Waals surface area contributed by atoms with E-state index in [2.05, 4.69) is 10.3 Å². The first kappa shape index (κ1) is 10.7. The Morgan fingerprint density at radius 2 is 2.25 bits per heavy atom. The van der Waals surface area contributed by atoms with Crippen LogP contribution in [0.5, 0.6) is 0 Å². The fraction of sp³-hybridized carbons (Fsp3) is 0.333. The number of nitrogens with zero attached hydrogens (tertiary/aromatic N) is 3. The van der Waals surface area contributed by atoms with Crippen LogP contribution in [-0.2, 0) is 6.54 Å². The van der Waals surface area contributed by atoms with E-state index in [0.717, 1.165) is 11.3 Å². The fourth-order valence-corrected chi connectivity index (χ4v) is 2.51. The molecule has 6 nitrogen and oxygen atoms in total. The molecular formula is C9H9N3O3S. The zero-order chi connectivity index (χ0) is 11.9. The van der Waals surface area contributed by atoms with Crippen molar-refractivity contribution in [3.63, 3.8) is 0 Å². The van der Waals surface area contributed by atoms with Gasteiger partial charge in [-0.1, -0.05) is 5.21 Å². The molecule has 2 aromatic heterocycles. The number of carboxylic acids is 1. The first-order valence-electron chi connectivity index (χ1n) is 4.66. The SMILES string of the molecule is CCn1nnc2c(C(=O)O)c(C)sc2c1=O. The van der Waals surface area contributed by atoms with Crippen LogP contribution in [0.2, 0.25) is 0 Å². The molecule has 2 heterocycles. The number of thiophene rings is 1. The van der Waals surface area contributed by atoms with Crippen molar-refractivity contribution >= 4 is 27.5 Å². The number of aryl methyl sites for hydroxylation is 2. The van der Waals surface area contributed by atoms with Crippen LogP contribution >= 0.6 is 11.3 Å². The van der Waals surface area contributed by atoms with Crippen LogP contribution in [0.15, 0.2) is 4.79 Å². The Kier molecular flexibility index (Phi) is 2.47. The number of aromatic carboxylic acids is 1. The van der Waals surface area contributed by atoms with Gasteiger partial charge in [0.25, 0.3) is 5.56 Å². The Bertz CT molecular complexity index is 629. The molecule has 0 unspecified atom stereocenters. The zero-order valence-electron chi connectivity index (χ0n) is 8.72. The normalized spacial score (nSPS) is 10.9. The van der Waals surface area contributed by atoms with Crippen molar-refractivity contribution in [2.24, 2.45) is 0 Å². The van der Waals surface area contributed by atoms with Gasteiger partial charge >= 0.3 is 5.97 Å². The summed E-state index contributed by atoms with van der Waals surface area (Å²) in [6.07, 6.45) is 0. The Labute approximate surface area is 94.1 Å². The predicted octanol–water partition coefficient (Wildman–Crippen LogP) is 0.880. The van der Waals surface area contributed by atoms with Crippen molar-refractivity contribution in [2.45, 2.75) is 20.4 Å². The lowest BCUT2D eigenvalue weighted by Gasteiger charge is -1.97. The molecule has 0 aliphatic carbocycles. The molecule has 0 aliphatic heterocycles. The van der Waals surface area contributed by atoms with Gasteiger partial charge in [-0.2, -0.15) is 0 Å².